The lowest BCUT2D eigenvalue weighted by molar-refractivity contribution is 0.0686. The average Bonchev–Trinajstić information content (AvgIpc) is 2.93. The molecule has 2 N–H and O–H groups in total. The maximum atomic E-state index is 14.8. The number of hydrogen-bond acceptors (Lipinski definition) is 4. The van der Waals surface area contributed by atoms with Crippen molar-refractivity contribution < 1.29 is 64.4 Å². The van der Waals surface area contributed by atoms with Gasteiger partial charge < -0.3 is 19.7 Å². The van der Waals surface area contributed by atoms with Crippen molar-refractivity contribution >= 4 is 11.9 Å². The molecule has 0 saturated heterocycles. The molecule has 4 rings (SSSR count). The Balaban J connectivity index is 1.79. The second kappa shape index (κ2) is 10.6. The molecular weight excluding hydrogens is 560 g/mol. The van der Waals surface area contributed by atoms with E-state index in [9.17, 15) is 44.7 Å². The minimum absolute atomic E-state index is 0.277. The maximum absolute atomic E-state index is 14.8. The van der Waals surface area contributed by atoms with Gasteiger partial charge in [0.2, 0.25) is 34.8 Å². The summed E-state index contributed by atoms with van der Waals surface area (Å²) in [4.78, 5) is 21.8. The molecule has 0 aliphatic heterocycles. The predicted molar refractivity (Wildman–Crippen MR) is 118 cm³/mol. The van der Waals surface area contributed by atoms with Gasteiger partial charge in [0, 0.05) is 0 Å². The van der Waals surface area contributed by atoms with Gasteiger partial charge in [-0.2, -0.15) is 17.6 Å². The molecule has 0 fully saturated rings. The number of halogens is 8. The first-order valence-corrected chi connectivity index (χ1v) is 10.6. The predicted octanol–water partition coefficient (Wildman–Crippen LogP) is 7.45. The smallest absolute Gasteiger partial charge is 0.335 e. The van der Waals surface area contributed by atoms with Crippen molar-refractivity contribution in [1.82, 2.24) is 0 Å². The molecule has 0 aliphatic rings. The topological polar surface area (TPSA) is 93.1 Å². The van der Waals surface area contributed by atoms with Crippen LogP contribution in [-0.2, 0) is 0 Å². The molecule has 0 aliphatic carbocycles. The fourth-order valence-corrected chi connectivity index (χ4v) is 3.41. The van der Waals surface area contributed by atoms with Crippen molar-refractivity contribution in [2.24, 2.45) is 0 Å². The molecule has 0 aromatic heterocycles. The van der Waals surface area contributed by atoms with Crippen LogP contribution in [-0.4, -0.2) is 22.2 Å². The number of rotatable bonds is 7. The highest BCUT2D eigenvalue weighted by Crippen LogP contribution is 2.43. The molecule has 0 heterocycles. The highest BCUT2D eigenvalue weighted by atomic mass is 19.2. The van der Waals surface area contributed by atoms with Gasteiger partial charge in [0.1, 0.15) is 11.5 Å². The van der Waals surface area contributed by atoms with E-state index < -0.39 is 92.6 Å². The zero-order valence-electron chi connectivity index (χ0n) is 19.2. The van der Waals surface area contributed by atoms with Crippen molar-refractivity contribution in [3.8, 4) is 34.1 Å². The van der Waals surface area contributed by atoms with Crippen LogP contribution < -0.4 is 9.47 Å². The lowest BCUT2D eigenvalue weighted by Gasteiger charge is -2.16. The Hall–Kier alpha value is -5.14. The molecule has 206 valence electrons. The number of hydrogen-bond donors (Lipinski definition) is 2. The number of carbonyl (C=O) groups is 2. The summed E-state index contributed by atoms with van der Waals surface area (Å²) >= 11 is 0. The van der Waals surface area contributed by atoms with E-state index in [0.717, 1.165) is 48.5 Å². The van der Waals surface area contributed by atoms with E-state index in [1.807, 2.05) is 0 Å². The summed E-state index contributed by atoms with van der Waals surface area (Å²) in [5.74, 6) is -26.5. The van der Waals surface area contributed by atoms with E-state index in [2.05, 4.69) is 0 Å². The molecule has 0 bridgehead atoms. The number of aromatic carboxylic acids is 2. The summed E-state index contributed by atoms with van der Waals surface area (Å²) in [7, 11) is 0. The Morgan fingerprint density at radius 1 is 0.450 bits per heavy atom. The third kappa shape index (κ3) is 4.86. The third-order valence-corrected chi connectivity index (χ3v) is 5.34. The largest absolute Gasteiger partial charge is 0.478 e. The Morgan fingerprint density at radius 3 is 0.925 bits per heavy atom. The van der Waals surface area contributed by atoms with Crippen molar-refractivity contribution in [2.75, 3.05) is 0 Å². The quantitative estimate of drug-likeness (QED) is 0.177. The molecule has 40 heavy (non-hydrogen) atoms. The Kier molecular flexibility index (Phi) is 7.36. The minimum atomic E-state index is -2.48. The van der Waals surface area contributed by atoms with Gasteiger partial charge in [-0.25, -0.2) is 27.2 Å². The van der Waals surface area contributed by atoms with Gasteiger partial charge in [-0.1, -0.05) is 0 Å². The summed E-state index contributed by atoms with van der Waals surface area (Å²) in [6.45, 7) is 0. The summed E-state index contributed by atoms with van der Waals surface area (Å²) < 4.78 is 128. The molecule has 0 unspecified atom stereocenters. The van der Waals surface area contributed by atoms with E-state index >= 15 is 0 Å². The van der Waals surface area contributed by atoms with Crippen LogP contribution in [0.4, 0.5) is 35.1 Å². The second-order valence-electron chi connectivity index (χ2n) is 7.78. The van der Waals surface area contributed by atoms with Gasteiger partial charge >= 0.3 is 11.9 Å². The van der Waals surface area contributed by atoms with E-state index in [1.54, 1.807) is 0 Å². The molecule has 0 spiro atoms. The molecule has 6 nitrogen and oxygen atoms in total. The van der Waals surface area contributed by atoms with Gasteiger partial charge in [0.15, 0.2) is 23.3 Å². The summed E-state index contributed by atoms with van der Waals surface area (Å²) in [5, 5.41) is 17.7. The zero-order valence-corrected chi connectivity index (χ0v) is 19.2. The minimum Gasteiger partial charge on any atom is -0.478 e. The van der Waals surface area contributed by atoms with Crippen LogP contribution in [0.25, 0.3) is 11.1 Å². The SMILES string of the molecule is O=C(O)c1ccc(Oc2c(F)c(F)c(-c3c(F)c(F)c(Oc4ccc(C(=O)O)cc4)c(F)c3F)c(F)c2F)cc1. The van der Waals surface area contributed by atoms with E-state index in [1.165, 1.54) is 0 Å². The van der Waals surface area contributed by atoms with E-state index in [4.69, 9.17) is 19.7 Å². The second-order valence-corrected chi connectivity index (χ2v) is 7.78. The van der Waals surface area contributed by atoms with Crippen LogP contribution >= 0.6 is 0 Å². The maximum Gasteiger partial charge on any atom is 0.335 e. The van der Waals surface area contributed by atoms with E-state index in [0.29, 0.717) is 0 Å². The fraction of sp³-hybridized carbons (Fsp3) is 0. The molecule has 14 heteroatoms. The molecule has 0 saturated carbocycles. The summed E-state index contributed by atoms with van der Waals surface area (Å²) in [5.41, 5.74) is -4.84. The van der Waals surface area contributed by atoms with Gasteiger partial charge in [-0.05, 0) is 48.5 Å². The zero-order chi connectivity index (χ0) is 29.5. The highest BCUT2D eigenvalue weighted by Gasteiger charge is 2.35. The first-order valence-electron chi connectivity index (χ1n) is 10.6. The van der Waals surface area contributed by atoms with Crippen molar-refractivity contribution in [1.29, 1.82) is 0 Å². The molecular formula is C26H10F8O6. The van der Waals surface area contributed by atoms with Gasteiger partial charge in [0.25, 0.3) is 0 Å². The molecule has 0 atom stereocenters. The van der Waals surface area contributed by atoms with Crippen molar-refractivity contribution in [3.05, 3.63) is 106 Å². The Morgan fingerprint density at radius 2 is 0.700 bits per heavy atom. The first kappa shape index (κ1) is 27.9. The Bertz CT molecular complexity index is 1490. The normalized spacial score (nSPS) is 10.9. The standard InChI is InChI=1S/C26H10F8O6/c27-15-13(16(28)20(32)23(19(15)31)39-11-5-1-9(2-6-11)25(35)36)14-17(29)21(33)24(22(34)18(14)30)40-12-7-3-10(4-8-12)26(37)38/h1-8H,(H,35,36)(H,37,38). The number of carboxylic acid groups (broad SMARTS) is 2. The van der Waals surface area contributed by atoms with E-state index in [-0.39, 0.29) is 11.1 Å². The lowest BCUT2D eigenvalue weighted by atomic mass is 10.0. The lowest BCUT2D eigenvalue weighted by Crippen LogP contribution is -2.09. The van der Waals surface area contributed by atoms with Crippen molar-refractivity contribution in [2.45, 2.75) is 0 Å². The highest BCUT2D eigenvalue weighted by molar-refractivity contribution is 5.88. The third-order valence-electron chi connectivity index (χ3n) is 5.34. The van der Waals surface area contributed by atoms with Gasteiger partial charge in [-0.3, -0.25) is 0 Å². The number of ether oxygens (including phenoxy) is 2. The number of benzene rings is 4. The van der Waals surface area contributed by atoms with Crippen LogP contribution in [0.1, 0.15) is 20.7 Å². The van der Waals surface area contributed by atoms with Crippen molar-refractivity contribution in [3.63, 3.8) is 0 Å². The molecule has 0 radical (unpaired) electrons. The Labute approximate surface area is 217 Å². The van der Waals surface area contributed by atoms with Crippen LogP contribution in [0.3, 0.4) is 0 Å². The summed E-state index contributed by atoms with van der Waals surface area (Å²) in [6.07, 6.45) is 0. The van der Waals surface area contributed by atoms with Gasteiger partial charge in [0.05, 0.1) is 22.3 Å². The van der Waals surface area contributed by atoms with Crippen LogP contribution in [0, 0.1) is 46.5 Å². The number of carboxylic acids is 2. The summed E-state index contributed by atoms with van der Waals surface area (Å²) in [6, 6.07) is 7.22. The fourth-order valence-electron chi connectivity index (χ4n) is 3.41. The van der Waals surface area contributed by atoms with Crippen LogP contribution in [0.2, 0.25) is 0 Å². The molecule has 4 aromatic carbocycles. The first-order chi connectivity index (χ1) is 18.8. The monoisotopic (exact) mass is 570 g/mol. The average molecular weight is 570 g/mol. The van der Waals surface area contributed by atoms with Gasteiger partial charge in [-0.15, -0.1) is 0 Å². The molecule has 4 aromatic rings. The van der Waals surface area contributed by atoms with Crippen LogP contribution in [0.5, 0.6) is 23.0 Å². The van der Waals surface area contributed by atoms with Crippen LogP contribution in [0.15, 0.2) is 48.5 Å². The molecule has 0 amide bonds.